The van der Waals surface area contributed by atoms with Gasteiger partial charge in [-0.05, 0) is 85.5 Å². The van der Waals surface area contributed by atoms with Crippen molar-refractivity contribution in [2.75, 3.05) is 0 Å². The standard InChI is InChI=1S/C8H8I3N3O/c9-5-1-4(3-14(13)8(12)15)7(11)6(10)2-5/h1-2H,3,13H2,(H2,12,15). The van der Waals surface area contributed by atoms with Crippen LogP contribution in [0.1, 0.15) is 5.56 Å². The van der Waals surface area contributed by atoms with Gasteiger partial charge in [0.05, 0.1) is 6.54 Å². The van der Waals surface area contributed by atoms with Crippen LogP contribution in [0.4, 0.5) is 4.79 Å². The van der Waals surface area contributed by atoms with E-state index in [1.54, 1.807) is 0 Å². The van der Waals surface area contributed by atoms with Crippen molar-refractivity contribution in [1.82, 2.24) is 5.01 Å². The van der Waals surface area contributed by atoms with Gasteiger partial charge in [-0.3, -0.25) is 5.01 Å². The number of hydrazine groups is 1. The summed E-state index contributed by atoms with van der Waals surface area (Å²) in [6.45, 7) is 0.334. The molecule has 4 nitrogen and oxygen atoms in total. The van der Waals surface area contributed by atoms with E-state index in [1.165, 1.54) is 0 Å². The monoisotopic (exact) mass is 543 g/mol. The Morgan fingerprint density at radius 3 is 2.47 bits per heavy atom. The van der Waals surface area contributed by atoms with Gasteiger partial charge in [0.1, 0.15) is 0 Å². The average molecular weight is 543 g/mol. The lowest BCUT2D eigenvalue weighted by molar-refractivity contribution is 0.206. The summed E-state index contributed by atoms with van der Waals surface area (Å²) >= 11 is 6.71. The Kier molecular flexibility index (Phi) is 5.31. The molecule has 4 N–H and O–H groups in total. The number of rotatable bonds is 2. The quantitative estimate of drug-likeness (QED) is 0.198. The number of urea groups is 1. The molecule has 1 rings (SSSR count). The highest BCUT2D eigenvalue weighted by Crippen LogP contribution is 2.23. The highest BCUT2D eigenvalue weighted by atomic mass is 127. The van der Waals surface area contributed by atoms with Gasteiger partial charge in [0.15, 0.2) is 0 Å². The maximum Gasteiger partial charge on any atom is 0.329 e. The summed E-state index contributed by atoms with van der Waals surface area (Å²) in [5.74, 6) is 5.47. The zero-order chi connectivity index (χ0) is 11.6. The summed E-state index contributed by atoms with van der Waals surface area (Å²) in [4.78, 5) is 10.8. The molecule has 0 saturated heterocycles. The third-order valence-corrected chi connectivity index (χ3v) is 5.47. The minimum absolute atomic E-state index is 0.334. The van der Waals surface area contributed by atoms with Gasteiger partial charge in [-0.15, -0.1) is 0 Å². The third kappa shape index (κ3) is 3.85. The fourth-order valence-electron chi connectivity index (χ4n) is 0.986. The molecule has 0 bridgehead atoms. The van der Waals surface area contributed by atoms with Crippen LogP contribution in [0.25, 0.3) is 0 Å². The number of nitrogens with two attached hydrogens (primary N) is 2. The van der Waals surface area contributed by atoms with E-state index in [0.29, 0.717) is 6.54 Å². The van der Waals surface area contributed by atoms with Crippen molar-refractivity contribution in [3.05, 3.63) is 28.4 Å². The molecule has 0 atom stereocenters. The Bertz CT molecular complexity index is 397. The van der Waals surface area contributed by atoms with Gasteiger partial charge >= 0.3 is 6.03 Å². The lowest BCUT2D eigenvalue weighted by atomic mass is 10.2. The normalized spacial score (nSPS) is 10.1. The van der Waals surface area contributed by atoms with Crippen LogP contribution in [0.15, 0.2) is 12.1 Å². The average Bonchev–Trinajstić information content (AvgIpc) is 2.13. The SMILES string of the molecule is NC(=O)N(N)Cc1cc(I)cc(I)c1I. The first kappa shape index (κ1) is 13.7. The van der Waals surface area contributed by atoms with Crippen LogP contribution in [0, 0.1) is 10.7 Å². The minimum Gasteiger partial charge on any atom is -0.350 e. The number of amides is 2. The first-order valence-electron chi connectivity index (χ1n) is 3.87. The fraction of sp³-hybridized carbons (Fsp3) is 0.125. The summed E-state index contributed by atoms with van der Waals surface area (Å²) in [7, 11) is 0. The topological polar surface area (TPSA) is 72.4 Å². The Labute approximate surface area is 129 Å². The highest BCUT2D eigenvalue weighted by molar-refractivity contribution is 14.1. The molecule has 0 fully saturated rings. The molecular weight excluding hydrogens is 535 g/mol. The van der Waals surface area contributed by atoms with Gasteiger partial charge in [0.25, 0.3) is 0 Å². The Balaban J connectivity index is 2.99. The van der Waals surface area contributed by atoms with Crippen molar-refractivity contribution in [3.63, 3.8) is 0 Å². The Morgan fingerprint density at radius 2 is 1.93 bits per heavy atom. The molecule has 1 aromatic rings. The van der Waals surface area contributed by atoms with Crippen molar-refractivity contribution in [1.29, 1.82) is 0 Å². The van der Waals surface area contributed by atoms with Crippen LogP contribution < -0.4 is 11.6 Å². The van der Waals surface area contributed by atoms with Crippen molar-refractivity contribution >= 4 is 73.8 Å². The third-order valence-electron chi connectivity index (χ3n) is 1.69. The van der Waals surface area contributed by atoms with Crippen molar-refractivity contribution in [2.45, 2.75) is 6.54 Å². The molecule has 0 spiro atoms. The lowest BCUT2D eigenvalue weighted by Gasteiger charge is -2.15. The Morgan fingerprint density at radius 1 is 1.33 bits per heavy atom. The zero-order valence-corrected chi connectivity index (χ0v) is 14.0. The van der Waals surface area contributed by atoms with Crippen molar-refractivity contribution in [2.24, 2.45) is 11.6 Å². The Hall–Kier alpha value is 0.640. The number of primary amides is 1. The number of halogens is 3. The van der Waals surface area contributed by atoms with Crippen LogP contribution >= 0.6 is 67.8 Å². The molecule has 0 aromatic heterocycles. The molecule has 82 valence electrons. The molecule has 0 aliphatic carbocycles. The van der Waals surface area contributed by atoms with E-state index in [1.807, 2.05) is 6.07 Å². The van der Waals surface area contributed by atoms with E-state index in [0.717, 1.165) is 21.3 Å². The predicted molar refractivity (Wildman–Crippen MR) is 83.9 cm³/mol. The highest BCUT2D eigenvalue weighted by Gasteiger charge is 2.10. The maximum atomic E-state index is 10.8. The zero-order valence-electron chi connectivity index (χ0n) is 7.51. The molecule has 0 aliphatic heterocycles. The molecule has 0 unspecified atom stereocenters. The molecule has 15 heavy (non-hydrogen) atoms. The number of nitrogens with zero attached hydrogens (tertiary/aromatic N) is 1. The summed E-state index contributed by atoms with van der Waals surface area (Å²) < 4.78 is 3.36. The van der Waals surface area contributed by atoms with Crippen LogP contribution in [-0.4, -0.2) is 11.0 Å². The molecule has 1 aromatic carbocycles. The van der Waals surface area contributed by atoms with Crippen LogP contribution in [-0.2, 0) is 6.54 Å². The smallest absolute Gasteiger partial charge is 0.329 e. The van der Waals surface area contributed by atoms with E-state index in [9.17, 15) is 4.79 Å². The number of hydrogen-bond acceptors (Lipinski definition) is 2. The van der Waals surface area contributed by atoms with E-state index in [4.69, 9.17) is 11.6 Å². The maximum absolute atomic E-state index is 10.8. The molecule has 0 heterocycles. The van der Waals surface area contributed by atoms with Gasteiger partial charge in [-0.1, -0.05) is 0 Å². The number of carbonyl (C=O) groups is 1. The lowest BCUT2D eigenvalue weighted by Crippen LogP contribution is -2.40. The van der Waals surface area contributed by atoms with Crippen LogP contribution in [0.5, 0.6) is 0 Å². The summed E-state index contributed by atoms with van der Waals surface area (Å²) in [5, 5.41) is 1.00. The second kappa shape index (κ2) is 5.82. The summed E-state index contributed by atoms with van der Waals surface area (Å²) in [6.07, 6.45) is 0. The van der Waals surface area contributed by atoms with E-state index < -0.39 is 6.03 Å². The second-order valence-electron chi connectivity index (χ2n) is 2.83. The molecule has 0 aliphatic rings. The minimum atomic E-state index is -0.625. The first-order valence-corrected chi connectivity index (χ1v) is 7.10. The molecule has 0 saturated carbocycles. The fourth-order valence-corrected chi connectivity index (χ4v) is 3.43. The molecule has 7 heteroatoms. The van der Waals surface area contributed by atoms with E-state index >= 15 is 0 Å². The van der Waals surface area contributed by atoms with E-state index in [-0.39, 0.29) is 0 Å². The van der Waals surface area contributed by atoms with Gasteiger partial charge in [-0.25, -0.2) is 10.6 Å². The largest absolute Gasteiger partial charge is 0.350 e. The molecular formula is C8H8I3N3O. The number of benzene rings is 1. The predicted octanol–water partition coefficient (Wildman–Crippen LogP) is 2.25. The van der Waals surface area contributed by atoms with Gasteiger partial charge in [-0.2, -0.15) is 0 Å². The van der Waals surface area contributed by atoms with Crippen LogP contribution in [0.2, 0.25) is 0 Å². The summed E-state index contributed by atoms with van der Waals surface area (Å²) in [6, 6.07) is 3.44. The van der Waals surface area contributed by atoms with Crippen molar-refractivity contribution < 1.29 is 4.79 Å². The van der Waals surface area contributed by atoms with Gasteiger partial charge in [0.2, 0.25) is 0 Å². The number of carbonyl (C=O) groups excluding carboxylic acids is 1. The summed E-state index contributed by atoms with van der Waals surface area (Å²) in [5.41, 5.74) is 6.07. The van der Waals surface area contributed by atoms with Gasteiger partial charge < -0.3 is 5.73 Å². The number of hydrogen-bond donors (Lipinski definition) is 2. The molecule has 0 radical (unpaired) electrons. The van der Waals surface area contributed by atoms with Crippen molar-refractivity contribution in [3.8, 4) is 0 Å². The van der Waals surface area contributed by atoms with Gasteiger partial charge in [0, 0.05) is 10.7 Å². The van der Waals surface area contributed by atoms with Crippen LogP contribution in [0.3, 0.4) is 0 Å². The van der Waals surface area contributed by atoms with E-state index in [2.05, 4.69) is 73.8 Å². The first-order chi connectivity index (χ1) is 6.91. The molecule has 2 amide bonds. The second-order valence-corrected chi connectivity index (χ2v) is 6.31.